The van der Waals surface area contributed by atoms with Crippen molar-refractivity contribution in [1.82, 2.24) is 10.2 Å². The molecule has 7 rings (SSSR count). The van der Waals surface area contributed by atoms with Crippen LogP contribution < -0.4 is 5.32 Å². The van der Waals surface area contributed by atoms with E-state index in [0.29, 0.717) is 29.7 Å². The molecule has 3 aliphatic heterocycles. The maximum absolute atomic E-state index is 13.7. The van der Waals surface area contributed by atoms with Crippen molar-refractivity contribution in [2.24, 2.45) is 29.1 Å². The largest absolute Gasteiger partial charge is 0.465 e. The van der Waals surface area contributed by atoms with Crippen LogP contribution in [0.3, 0.4) is 0 Å². The lowest BCUT2D eigenvalue weighted by molar-refractivity contribution is -0.320. The Hall–Kier alpha value is -4.66. The fourth-order valence-electron chi connectivity index (χ4n) is 11.3. The normalized spacial score (nSPS) is 34.4. The van der Waals surface area contributed by atoms with Crippen LogP contribution in [0.4, 0.5) is 0 Å². The average Bonchev–Trinajstić information content (AvgIpc) is 3.91. The van der Waals surface area contributed by atoms with Crippen LogP contribution in [0.15, 0.2) is 53.6 Å². The van der Waals surface area contributed by atoms with Gasteiger partial charge in [-0.15, -0.1) is 6.58 Å². The van der Waals surface area contributed by atoms with Crippen molar-refractivity contribution in [3.05, 3.63) is 70.3 Å². The van der Waals surface area contributed by atoms with Gasteiger partial charge < -0.3 is 48.8 Å². The standard InChI is InChI=1S/C52H70N2O16/c1-9-51(5,6)67-25-36-43(60)46(69-39(58)16-11-10-13-29-14-12-15-32-40(29)49(64)54(48(32)63)35-19-20-38(57)53-47(35)62)44(61)50(68-36)70-45-41-33(26(2)23-66-28(4)55)21-37(56)52(41,7)22-34-30(24-65-8)17-18-31(34)27(3)42(45)59/h9,12,14-15,22,26-27,30-31,35-37,42-46,50,56,59-61H,1,10-11,13,16-21,23-25H2,2-8H3,(H,53,57,62)/b34-22-/t26-,27-,30-,31+,35?,36?,37+,42-,43?,44?,45-,46?,50?,52+/m1/s1. The number of rotatable bonds is 18. The molecule has 0 aromatic heterocycles. The number of aliphatic hydroxyl groups excluding tert-OH is 4. The highest BCUT2D eigenvalue weighted by atomic mass is 16.7. The number of nitrogens with one attached hydrogen (secondary N) is 1. The first-order chi connectivity index (χ1) is 33.1. The maximum Gasteiger partial charge on any atom is 0.306 e. The van der Waals surface area contributed by atoms with Crippen LogP contribution in [0.25, 0.3) is 0 Å². The van der Waals surface area contributed by atoms with Crippen LogP contribution in [-0.2, 0) is 54.0 Å². The van der Waals surface area contributed by atoms with E-state index in [1.807, 2.05) is 20.8 Å². The summed E-state index contributed by atoms with van der Waals surface area (Å²) in [7, 11) is 1.65. The van der Waals surface area contributed by atoms with E-state index in [-0.39, 0.29) is 74.7 Å². The average molecular weight is 979 g/mol. The Morgan fingerprint density at radius 2 is 1.77 bits per heavy atom. The number of fused-ring (bicyclic) bond motifs is 3. The van der Waals surface area contributed by atoms with E-state index in [0.717, 1.165) is 23.3 Å². The molecule has 0 radical (unpaired) electrons. The molecule has 3 heterocycles. The predicted molar refractivity (Wildman–Crippen MR) is 249 cm³/mol. The molecule has 0 spiro atoms. The number of esters is 2. The SMILES string of the molecule is C=CC(C)(C)OCC1OC(O[C@@H]2C3=C([C@H](C)COC(C)=O)C[C@H](O)[C@]3(C)/C=C3/[C@@H](COC)CC[C@H]3[C@@H](C)[C@H]2O)C(O)C(OC(=O)CCCCc2cccc3c2C(=O)N(C2CCC(=O)NC2=O)C3=O)C1O. The molecule has 6 aliphatic rings. The highest BCUT2D eigenvalue weighted by Crippen LogP contribution is 2.56. The quantitative estimate of drug-likeness (QED) is 0.0612. The number of aryl methyl sites for hydroxylation is 1. The van der Waals surface area contributed by atoms with Crippen molar-refractivity contribution in [2.75, 3.05) is 26.9 Å². The molecule has 1 saturated carbocycles. The summed E-state index contributed by atoms with van der Waals surface area (Å²) >= 11 is 0. The monoisotopic (exact) mass is 978 g/mol. The molecule has 3 fully saturated rings. The fourth-order valence-corrected chi connectivity index (χ4v) is 11.3. The Morgan fingerprint density at radius 3 is 2.46 bits per heavy atom. The lowest BCUT2D eigenvalue weighted by atomic mass is 9.68. The smallest absolute Gasteiger partial charge is 0.306 e. The summed E-state index contributed by atoms with van der Waals surface area (Å²) in [6.07, 6.45) is -5.06. The zero-order valence-electron chi connectivity index (χ0n) is 41.2. The Labute approximate surface area is 408 Å². The molecule has 1 aromatic rings. The number of nitrogens with zero attached hydrogens (tertiary/aromatic N) is 1. The number of piperidine rings is 1. The third kappa shape index (κ3) is 10.6. The number of ether oxygens (including phenoxy) is 6. The molecular formula is C52H70N2O16. The molecule has 5 N–H and O–H groups in total. The van der Waals surface area contributed by atoms with Crippen LogP contribution in [-0.4, -0.2) is 148 Å². The Kier molecular flexibility index (Phi) is 16.4. The van der Waals surface area contributed by atoms with Crippen molar-refractivity contribution in [3.63, 3.8) is 0 Å². The Balaban J connectivity index is 1.12. The number of benzene rings is 1. The predicted octanol–water partition coefficient (Wildman–Crippen LogP) is 3.40. The van der Waals surface area contributed by atoms with Gasteiger partial charge in [0.1, 0.15) is 30.5 Å². The summed E-state index contributed by atoms with van der Waals surface area (Å²) in [4.78, 5) is 77.9. The summed E-state index contributed by atoms with van der Waals surface area (Å²) in [5.41, 5.74) is 1.25. The molecule has 0 bridgehead atoms. The minimum absolute atomic E-state index is 0.000610. The van der Waals surface area contributed by atoms with Crippen LogP contribution >= 0.6 is 0 Å². The second-order valence-corrected chi connectivity index (χ2v) is 20.6. The molecule has 384 valence electrons. The zero-order valence-corrected chi connectivity index (χ0v) is 41.2. The molecule has 18 nitrogen and oxygen atoms in total. The van der Waals surface area contributed by atoms with E-state index in [4.69, 9.17) is 28.4 Å². The molecular weight excluding hydrogens is 909 g/mol. The van der Waals surface area contributed by atoms with Crippen molar-refractivity contribution in [1.29, 1.82) is 0 Å². The lowest BCUT2D eigenvalue weighted by Gasteiger charge is -2.47. The number of hydrogen-bond acceptors (Lipinski definition) is 16. The first-order valence-electron chi connectivity index (χ1n) is 24.5. The van der Waals surface area contributed by atoms with Gasteiger partial charge in [0.15, 0.2) is 12.4 Å². The highest BCUT2D eigenvalue weighted by molar-refractivity contribution is 6.24. The number of hydrogen-bond donors (Lipinski definition) is 5. The molecule has 70 heavy (non-hydrogen) atoms. The minimum Gasteiger partial charge on any atom is -0.465 e. The van der Waals surface area contributed by atoms with Crippen molar-refractivity contribution in [2.45, 2.75) is 160 Å². The summed E-state index contributed by atoms with van der Waals surface area (Å²) in [5, 5.41) is 50.6. The van der Waals surface area contributed by atoms with Crippen molar-refractivity contribution >= 4 is 35.6 Å². The highest BCUT2D eigenvalue weighted by Gasteiger charge is 2.56. The van der Waals surface area contributed by atoms with Crippen LogP contribution in [0, 0.1) is 29.1 Å². The maximum atomic E-state index is 13.7. The molecule has 1 aromatic carbocycles. The van der Waals surface area contributed by atoms with Gasteiger partial charge in [-0.05, 0) is 94.8 Å². The van der Waals surface area contributed by atoms with Gasteiger partial charge in [0, 0.05) is 44.1 Å². The van der Waals surface area contributed by atoms with Gasteiger partial charge in [0.05, 0.1) is 48.8 Å². The molecule has 18 heteroatoms. The molecule has 3 aliphatic carbocycles. The minimum atomic E-state index is -1.79. The van der Waals surface area contributed by atoms with E-state index in [1.54, 1.807) is 39.2 Å². The van der Waals surface area contributed by atoms with Gasteiger partial charge in [0.25, 0.3) is 11.8 Å². The van der Waals surface area contributed by atoms with Gasteiger partial charge in [0.2, 0.25) is 11.8 Å². The van der Waals surface area contributed by atoms with Gasteiger partial charge in [-0.2, -0.15) is 0 Å². The summed E-state index contributed by atoms with van der Waals surface area (Å²) < 4.78 is 36.1. The van der Waals surface area contributed by atoms with E-state index in [9.17, 15) is 49.2 Å². The molecule has 14 atom stereocenters. The van der Waals surface area contributed by atoms with Crippen LogP contribution in [0.2, 0.25) is 0 Å². The van der Waals surface area contributed by atoms with Crippen molar-refractivity contribution in [3.8, 4) is 0 Å². The first kappa shape index (κ1) is 53.1. The summed E-state index contributed by atoms with van der Waals surface area (Å²) in [6, 6.07) is 3.73. The first-order valence-corrected chi connectivity index (χ1v) is 24.5. The van der Waals surface area contributed by atoms with Gasteiger partial charge in [-0.3, -0.25) is 39.0 Å². The van der Waals surface area contributed by atoms with Crippen LogP contribution in [0.5, 0.6) is 0 Å². The van der Waals surface area contributed by atoms with Gasteiger partial charge in [-0.25, -0.2) is 0 Å². The summed E-state index contributed by atoms with van der Waals surface area (Å²) in [5.74, 6) is -4.52. The molecule has 6 unspecified atom stereocenters. The Bertz CT molecular complexity index is 2270. The summed E-state index contributed by atoms with van der Waals surface area (Å²) in [6.45, 7) is 14.6. The zero-order chi connectivity index (χ0) is 51.0. The van der Waals surface area contributed by atoms with Crippen molar-refractivity contribution < 1.29 is 77.6 Å². The van der Waals surface area contributed by atoms with Gasteiger partial charge >= 0.3 is 11.9 Å². The number of imide groups is 2. The van der Waals surface area contributed by atoms with Gasteiger partial charge in [-0.1, -0.05) is 49.3 Å². The van der Waals surface area contributed by atoms with E-state index in [2.05, 4.69) is 18.0 Å². The number of unbranched alkanes of at least 4 members (excludes halogenated alkanes) is 1. The lowest BCUT2D eigenvalue weighted by Crippen LogP contribution is -2.62. The number of aliphatic hydroxyl groups is 4. The third-order valence-corrected chi connectivity index (χ3v) is 15.4. The molecule has 2 saturated heterocycles. The molecule has 4 amide bonds. The Morgan fingerprint density at radius 1 is 1.03 bits per heavy atom. The number of methoxy groups -OCH3 is 1. The topological polar surface area (TPSA) is 254 Å². The fraction of sp³-hybridized carbons (Fsp3) is 0.654. The number of carbonyl (C=O) groups is 6. The number of amides is 4. The van der Waals surface area contributed by atoms with E-state index < -0.39 is 113 Å². The third-order valence-electron chi connectivity index (χ3n) is 15.4. The second-order valence-electron chi connectivity index (χ2n) is 20.6. The number of carbonyl (C=O) groups excluding carboxylic acids is 6. The van der Waals surface area contributed by atoms with E-state index >= 15 is 0 Å². The van der Waals surface area contributed by atoms with Crippen LogP contribution in [0.1, 0.15) is 119 Å². The van der Waals surface area contributed by atoms with E-state index in [1.165, 1.54) is 13.0 Å². The second kappa shape index (κ2) is 21.6.